The van der Waals surface area contributed by atoms with Gasteiger partial charge in [-0.1, -0.05) is 13.3 Å². The van der Waals surface area contributed by atoms with Gasteiger partial charge < -0.3 is 20.5 Å². The van der Waals surface area contributed by atoms with Gasteiger partial charge in [0.05, 0.1) is 6.61 Å². The van der Waals surface area contributed by atoms with E-state index in [0.717, 1.165) is 0 Å². The highest BCUT2D eigenvalue weighted by atomic mass is 16.5. The molecule has 0 aromatic heterocycles. The minimum Gasteiger partial charge on any atom is -0.480 e. The molecule has 0 radical (unpaired) electrons. The molecule has 0 saturated heterocycles. The van der Waals surface area contributed by atoms with Gasteiger partial charge in [0.2, 0.25) is 0 Å². The molecule has 0 aliphatic rings. The quantitative estimate of drug-likeness (QED) is 0.553. The van der Waals surface area contributed by atoms with Crippen LogP contribution < -0.4 is 10.6 Å². The summed E-state index contributed by atoms with van der Waals surface area (Å²) in [4.78, 5) is 32.9. The van der Waals surface area contributed by atoms with Gasteiger partial charge in [-0.25, -0.2) is 9.59 Å². The SMILES string of the molecule is CCC[C@@H](NC(=O)NCC(=O)OCC)C(=O)O. The van der Waals surface area contributed by atoms with Crippen molar-refractivity contribution in [1.82, 2.24) is 10.6 Å². The molecule has 0 aliphatic carbocycles. The van der Waals surface area contributed by atoms with Crippen molar-refractivity contribution in [2.75, 3.05) is 13.2 Å². The lowest BCUT2D eigenvalue weighted by molar-refractivity contribution is -0.141. The molecular weight excluding hydrogens is 228 g/mol. The molecule has 0 aromatic rings. The number of nitrogens with one attached hydrogen (secondary N) is 2. The number of carboxylic acids is 1. The van der Waals surface area contributed by atoms with Crippen molar-refractivity contribution in [1.29, 1.82) is 0 Å². The van der Waals surface area contributed by atoms with E-state index in [2.05, 4.69) is 15.4 Å². The molecule has 17 heavy (non-hydrogen) atoms. The Labute approximate surface area is 99.5 Å². The van der Waals surface area contributed by atoms with Gasteiger partial charge in [-0.15, -0.1) is 0 Å². The molecule has 0 fully saturated rings. The summed E-state index contributed by atoms with van der Waals surface area (Å²) in [6.45, 7) is 3.42. The number of rotatable bonds is 7. The van der Waals surface area contributed by atoms with E-state index in [1.54, 1.807) is 6.92 Å². The molecule has 0 aliphatic heterocycles. The number of hydrogen-bond acceptors (Lipinski definition) is 4. The van der Waals surface area contributed by atoms with Crippen LogP contribution in [0.1, 0.15) is 26.7 Å². The molecule has 0 saturated carbocycles. The van der Waals surface area contributed by atoms with Gasteiger partial charge in [-0.05, 0) is 13.3 Å². The molecule has 3 N–H and O–H groups in total. The number of urea groups is 1. The number of aliphatic carboxylic acids is 1. The lowest BCUT2D eigenvalue weighted by atomic mass is 10.2. The first kappa shape index (κ1) is 15.2. The van der Waals surface area contributed by atoms with Crippen molar-refractivity contribution in [2.24, 2.45) is 0 Å². The molecular formula is C10H18N2O5. The molecule has 98 valence electrons. The van der Waals surface area contributed by atoms with Crippen LogP contribution >= 0.6 is 0 Å². The Balaban J connectivity index is 3.98. The number of hydrogen-bond donors (Lipinski definition) is 3. The Morgan fingerprint density at radius 1 is 1.29 bits per heavy atom. The predicted molar refractivity (Wildman–Crippen MR) is 59.5 cm³/mol. The van der Waals surface area contributed by atoms with Crippen LogP contribution in [0.25, 0.3) is 0 Å². The van der Waals surface area contributed by atoms with Gasteiger partial charge in [0, 0.05) is 0 Å². The Bertz CT molecular complexity index is 280. The second-order valence-electron chi connectivity index (χ2n) is 3.31. The molecule has 0 bridgehead atoms. The molecule has 7 nitrogen and oxygen atoms in total. The Hall–Kier alpha value is -1.79. The number of esters is 1. The minimum absolute atomic E-state index is 0.232. The van der Waals surface area contributed by atoms with E-state index in [1.807, 2.05) is 6.92 Å². The van der Waals surface area contributed by atoms with Gasteiger partial charge in [0.15, 0.2) is 0 Å². The highest BCUT2D eigenvalue weighted by Crippen LogP contribution is 1.96. The summed E-state index contributed by atoms with van der Waals surface area (Å²) in [5, 5.41) is 13.3. The zero-order valence-corrected chi connectivity index (χ0v) is 9.99. The zero-order chi connectivity index (χ0) is 13.3. The van der Waals surface area contributed by atoms with Crippen molar-refractivity contribution < 1.29 is 24.2 Å². The fourth-order valence-electron chi connectivity index (χ4n) is 1.12. The van der Waals surface area contributed by atoms with E-state index in [-0.39, 0.29) is 13.2 Å². The van der Waals surface area contributed by atoms with Crippen molar-refractivity contribution in [3.05, 3.63) is 0 Å². The van der Waals surface area contributed by atoms with Crippen molar-refractivity contribution in [2.45, 2.75) is 32.7 Å². The fourth-order valence-corrected chi connectivity index (χ4v) is 1.12. The van der Waals surface area contributed by atoms with Gasteiger partial charge in [-0.2, -0.15) is 0 Å². The van der Waals surface area contributed by atoms with Crippen LogP contribution in [0.2, 0.25) is 0 Å². The van der Waals surface area contributed by atoms with Crippen LogP contribution in [-0.2, 0) is 14.3 Å². The van der Waals surface area contributed by atoms with E-state index >= 15 is 0 Å². The average Bonchev–Trinajstić information content (AvgIpc) is 2.26. The zero-order valence-electron chi connectivity index (χ0n) is 9.99. The van der Waals surface area contributed by atoms with Crippen LogP contribution in [0.5, 0.6) is 0 Å². The third-order valence-corrected chi connectivity index (χ3v) is 1.88. The fraction of sp³-hybridized carbons (Fsp3) is 0.700. The first-order valence-electron chi connectivity index (χ1n) is 5.44. The lowest BCUT2D eigenvalue weighted by Crippen LogP contribution is -2.47. The summed E-state index contributed by atoms with van der Waals surface area (Å²) in [7, 11) is 0. The maximum absolute atomic E-state index is 11.2. The summed E-state index contributed by atoms with van der Waals surface area (Å²) >= 11 is 0. The molecule has 0 aromatic carbocycles. The maximum Gasteiger partial charge on any atom is 0.326 e. The van der Waals surface area contributed by atoms with Crippen molar-refractivity contribution >= 4 is 18.0 Å². The number of amides is 2. The summed E-state index contributed by atoms with van der Waals surface area (Å²) in [6, 6.07) is -1.64. The van der Waals surface area contributed by atoms with Crippen LogP contribution in [0, 0.1) is 0 Å². The number of carbonyl (C=O) groups is 3. The Kier molecular flexibility index (Phi) is 7.49. The molecule has 0 spiro atoms. The van der Waals surface area contributed by atoms with Crippen molar-refractivity contribution in [3.63, 3.8) is 0 Å². The summed E-state index contributed by atoms with van der Waals surface area (Å²) in [6.07, 6.45) is 0.970. The van der Waals surface area contributed by atoms with E-state index < -0.39 is 24.0 Å². The highest BCUT2D eigenvalue weighted by Gasteiger charge is 2.18. The van der Waals surface area contributed by atoms with Crippen LogP contribution in [-0.4, -0.2) is 42.3 Å². The first-order chi connectivity index (χ1) is 8.01. The molecule has 0 heterocycles. The highest BCUT2D eigenvalue weighted by molar-refractivity contribution is 5.84. The normalized spacial score (nSPS) is 11.4. The second kappa shape index (κ2) is 8.37. The second-order valence-corrected chi connectivity index (χ2v) is 3.31. The summed E-state index contributed by atoms with van der Waals surface area (Å²) in [5.74, 6) is -1.66. The largest absolute Gasteiger partial charge is 0.480 e. The van der Waals surface area contributed by atoms with Crippen LogP contribution in [0.3, 0.4) is 0 Å². The number of ether oxygens (including phenoxy) is 1. The van der Waals surface area contributed by atoms with Gasteiger partial charge in [-0.3, -0.25) is 4.79 Å². The van der Waals surface area contributed by atoms with E-state index in [9.17, 15) is 14.4 Å². The van der Waals surface area contributed by atoms with Crippen LogP contribution in [0.4, 0.5) is 4.79 Å². The van der Waals surface area contributed by atoms with Crippen molar-refractivity contribution in [3.8, 4) is 0 Å². The third kappa shape index (κ3) is 7.15. The molecule has 1 atom stereocenters. The predicted octanol–water partition coefficient (Wildman–Crippen LogP) is 0.102. The minimum atomic E-state index is -1.10. The lowest BCUT2D eigenvalue weighted by Gasteiger charge is -2.13. The van der Waals surface area contributed by atoms with Gasteiger partial charge in [0.1, 0.15) is 12.6 Å². The standard InChI is InChI=1S/C10H18N2O5/c1-3-5-7(9(14)15)12-10(16)11-6-8(13)17-4-2/h7H,3-6H2,1-2H3,(H,14,15)(H2,11,12,16)/t7-/m1/s1. The number of carboxylic acid groups (broad SMARTS) is 1. The molecule has 7 heteroatoms. The van der Waals surface area contributed by atoms with Crippen LogP contribution in [0.15, 0.2) is 0 Å². The smallest absolute Gasteiger partial charge is 0.326 e. The topological polar surface area (TPSA) is 105 Å². The maximum atomic E-state index is 11.2. The third-order valence-electron chi connectivity index (χ3n) is 1.88. The Morgan fingerprint density at radius 2 is 1.94 bits per heavy atom. The summed E-state index contributed by atoms with van der Waals surface area (Å²) < 4.78 is 4.59. The van der Waals surface area contributed by atoms with Gasteiger partial charge >= 0.3 is 18.0 Å². The molecule has 0 rings (SSSR count). The molecule has 2 amide bonds. The van der Waals surface area contributed by atoms with E-state index in [4.69, 9.17) is 5.11 Å². The summed E-state index contributed by atoms with van der Waals surface area (Å²) in [5.41, 5.74) is 0. The first-order valence-corrected chi connectivity index (χ1v) is 5.44. The van der Waals surface area contributed by atoms with E-state index in [0.29, 0.717) is 12.8 Å². The average molecular weight is 246 g/mol. The Morgan fingerprint density at radius 3 is 2.41 bits per heavy atom. The van der Waals surface area contributed by atoms with Gasteiger partial charge in [0.25, 0.3) is 0 Å². The number of carbonyl (C=O) groups excluding carboxylic acids is 2. The van der Waals surface area contributed by atoms with E-state index in [1.165, 1.54) is 0 Å². The monoisotopic (exact) mass is 246 g/mol. The molecule has 0 unspecified atom stereocenters.